The molecule has 3 aromatic carbocycles. The molecule has 70 heavy (non-hydrogen) atoms. The summed E-state index contributed by atoms with van der Waals surface area (Å²) in [5.41, 5.74) is -3.77. The molecule has 7 amide bonds. The maximum absolute atomic E-state index is 14.5. The number of thiophene rings is 1. The van der Waals surface area contributed by atoms with Gasteiger partial charge in [0, 0.05) is 77.0 Å². The lowest BCUT2D eigenvalue weighted by Gasteiger charge is -2.36. The van der Waals surface area contributed by atoms with Gasteiger partial charge in [-0.1, -0.05) is 60.7 Å². The van der Waals surface area contributed by atoms with Crippen LogP contribution in [0.25, 0.3) is 10.1 Å². The third-order valence-corrected chi connectivity index (χ3v) is 15.1. The number of rotatable bonds is 15. The number of anilines is 1. The number of fused-ring (bicyclic) bond motifs is 2. The lowest BCUT2D eigenvalue weighted by molar-refractivity contribution is -0.141. The van der Waals surface area contributed by atoms with Crippen LogP contribution < -0.4 is 20.9 Å². The van der Waals surface area contributed by atoms with Crippen LogP contribution in [0.3, 0.4) is 0 Å². The highest BCUT2D eigenvalue weighted by Crippen LogP contribution is 2.59. The van der Waals surface area contributed by atoms with Crippen LogP contribution in [0.15, 0.2) is 71.2 Å². The number of hydrogen-bond acceptors (Lipinski definition) is 9. The van der Waals surface area contributed by atoms with E-state index in [0.29, 0.717) is 60.2 Å². The highest BCUT2D eigenvalue weighted by Gasteiger charge is 2.50. The largest absolute Gasteiger partial charge is 0.399 e. The molecule has 0 radical (unpaired) electrons. The van der Waals surface area contributed by atoms with Crippen molar-refractivity contribution in [3.63, 3.8) is 0 Å². The summed E-state index contributed by atoms with van der Waals surface area (Å²) in [5, 5.41) is 8.18. The van der Waals surface area contributed by atoms with Gasteiger partial charge in [0.25, 0.3) is 11.8 Å². The molecular formula is C49H52BrF2N6O10PS. The highest BCUT2D eigenvalue weighted by atomic mass is 79.9. The zero-order valence-electron chi connectivity index (χ0n) is 38.6. The number of unbranched alkanes of at least 4 members (excludes halogenated alkanes) is 2. The molecule has 21 heteroatoms. The number of halogens is 3. The van der Waals surface area contributed by atoms with Crippen molar-refractivity contribution in [2.45, 2.75) is 102 Å². The summed E-state index contributed by atoms with van der Waals surface area (Å²) in [4.78, 5) is 116. The van der Waals surface area contributed by atoms with Crippen molar-refractivity contribution < 1.29 is 56.7 Å². The molecule has 0 spiro atoms. The standard InChI is InChI=1S/C49H52BrF2N6O10PS/c1-48(2,3)42(55-44(62)39-27-30-26-31(14-20-38(30)70-39)49(51,52)69(66,67)68)47(65)57-24-9-13-37(57)46(64)56(33-17-15-32(50)16-18-33)25-22-40(59)53-23-7-5-4-6-10-29-11-8-12-34-35(29)28-58(45(34)63)36-19-21-41(60)54-43(36)61/h8,11-12,14-18,20,26-27,36-37,42H,4-5,7,9,13,19,21-25,28H2,1-3H3,(H,53,59)(H,55,62)(H,54,60,61)(H2,66,67,68). The zero-order valence-corrected chi connectivity index (χ0v) is 41.9. The van der Waals surface area contributed by atoms with Crippen molar-refractivity contribution in [1.82, 2.24) is 25.8 Å². The average molecular weight is 1070 g/mol. The van der Waals surface area contributed by atoms with Gasteiger partial charge in [-0.2, -0.15) is 8.78 Å². The number of carbonyl (C=O) groups excluding carboxylic acids is 7. The Bertz CT molecular complexity index is 2860. The minimum absolute atomic E-state index is 0.00829. The fourth-order valence-corrected chi connectivity index (χ4v) is 10.4. The number of nitrogens with zero attached hydrogens (tertiary/aromatic N) is 3. The number of hydrogen-bond donors (Lipinski definition) is 5. The molecule has 3 aliphatic heterocycles. The molecule has 1 aromatic heterocycles. The van der Waals surface area contributed by atoms with Gasteiger partial charge in [0.15, 0.2) is 0 Å². The molecule has 3 unspecified atom stereocenters. The van der Waals surface area contributed by atoms with Gasteiger partial charge in [0.2, 0.25) is 29.5 Å². The van der Waals surface area contributed by atoms with E-state index in [0.717, 1.165) is 33.5 Å². The molecule has 0 bridgehead atoms. The molecule has 2 fully saturated rings. The van der Waals surface area contributed by atoms with Crippen LogP contribution in [-0.4, -0.2) is 98.7 Å². The van der Waals surface area contributed by atoms with Gasteiger partial charge in [-0.05, 0) is 103 Å². The van der Waals surface area contributed by atoms with E-state index < -0.39 is 66.0 Å². The van der Waals surface area contributed by atoms with E-state index in [-0.39, 0.29) is 66.9 Å². The molecule has 0 saturated carbocycles. The molecule has 0 aliphatic carbocycles. The van der Waals surface area contributed by atoms with E-state index >= 15 is 0 Å². The number of piperidine rings is 1. The lowest BCUT2D eigenvalue weighted by atomic mass is 9.85. The van der Waals surface area contributed by atoms with Crippen LogP contribution >= 0.6 is 34.9 Å². The Morgan fingerprint density at radius 3 is 2.46 bits per heavy atom. The molecule has 3 aliphatic rings. The maximum Gasteiger partial charge on any atom is 0.399 e. The van der Waals surface area contributed by atoms with Crippen molar-refractivity contribution >= 4 is 92.0 Å². The summed E-state index contributed by atoms with van der Waals surface area (Å²) in [6, 6.07) is 13.9. The van der Waals surface area contributed by atoms with E-state index in [9.17, 15) is 56.7 Å². The molecule has 4 heterocycles. The number of alkyl halides is 2. The van der Waals surface area contributed by atoms with Gasteiger partial charge in [-0.15, -0.1) is 11.3 Å². The van der Waals surface area contributed by atoms with Gasteiger partial charge in [-0.25, -0.2) is 0 Å². The summed E-state index contributed by atoms with van der Waals surface area (Å²) in [6.07, 6.45) is 3.04. The predicted molar refractivity (Wildman–Crippen MR) is 261 cm³/mol. The van der Waals surface area contributed by atoms with Crippen molar-refractivity contribution in [3.8, 4) is 11.8 Å². The number of imide groups is 1. The van der Waals surface area contributed by atoms with Crippen LogP contribution in [0.1, 0.15) is 109 Å². The van der Waals surface area contributed by atoms with E-state index in [1.807, 2.05) is 6.07 Å². The summed E-state index contributed by atoms with van der Waals surface area (Å²) in [6.45, 7) is 6.09. The molecule has 3 atom stereocenters. The van der Waals surface area contributed by atoms with Crippen molar-refractivity contribution in [1.29, 1.82) is 0 Å². The first-order valence-electron chi connectivity index (χ1n) is 22.7. The average Bonchev–Trinajstić information content (AvgIpc) is 4.05. The maximum atomic E-state index is 14.5. The third-order valence-electron chi connectivity index (χ3n) is 12.5. The van der Waals surface area contributed by atoms with Gasteiger partial charge in [-0.3, -0.25) is 43.4 Å². The minimum Gasteiger partial charge on any atom is -0.356 e. The molecule has 4 aromatic rings. The molecule has 370 valence electrons. The quantitative estimate of drug-likeness (QED) is 0.0374. The van der Waals surface area contributed by atoms with Gasteiger partial charge in [0.1, 0.15) is 18.1 Å². The Kier molecular flexibility index (Phi) is 15.8. The Morgan fingerprint density at radius 2 is 1.76 bits per heavy atom. The molecule has 16 nitrogen and oxygen atoms in total. The van der Waals surface area contributed by atoms with Crippen LogP contribution in [0.5, 0.6) is 0 Å². The molecule has 2 saturated heterocycles. The van der Waals surface area contributed by atoms with Crippen LogP contribution in [0.2, 0.25) is 0 Å². The first kappa shape index (κ1) is 52.0. The number of nitrogens with one attached hydrogen (secondary N) is 3. The Labute approximate surface area is 415 Å². The Morgan fingerprint density at radius 1 is 1.01 bits per heavy atom. The van der Waals surface area contributed by atoms with Crippen LogP contribution in [0.4, 0.5) is 14.5 Å². The van der Waals surface area contributed by atoms with Crippen LogP contribution in [0, 0.1) is 17.3 Å². The normalized spacial score (nSPS) is 17.7. The van der Waals surface area contributed by atoms with Crippen molar-refractivity contribution in [3.05, 3.63) is 98.3 Å². The van der Waals surface area contributed by atoms with Crippen molar-refractivity contribution in [2.24, 2.45) is 5.41 Å². The first-order valence-corrected chi connectivity index (χ1v) is 26.0. The smallest absolute Gasteiger partial charge is 0.356 e. The lowest BCUT2D eigenvalue weighted by Crippen LogP contribution is -2.58. The highest BCUT2D eigenvalue weighted by molar-refractivity contribution is 9.10. The number of carbonyl (C=O) groups is 7. The fourth-order valence-electron chi connectivity index (χ4n) is 8.71. The second kappa shape index (κ2) is 21.3. The van der Waals surface area contributed by atoms with E-state index in [1.165, 1.54) is 26.8 Å². The number of likely N-dealkylation sites (tertiary alicyclic amines) is 1. The van der Waals surface area contributed by atoms with Gasteiger partial charge < -0.3 is 35.1 Å². The van der Waals surface area contributed by atoms with E-state index in [1.54, 1.807) is 57.2 Å². The summed E-state index contributed by atoms with van der Waals surface area (Å²) < 4.78 is 41.6. The summed E-state index contributed by atoms with van der Waals surface area (Å²) in [5.74, 6) is 3.34. The topological polar surface area (TPSA) is 223 Å². The monoisotopic (exact) mass is 1060 g/mol. The van der Waals surface area contributed by atoms with Crippen molar-refractivity contribution in [2.75, 3.05) is 24.5 Å². The SMILES string of the molecule is CC(C)(C)C(NC(=O)c1cc2cc(C(F)(F)P(=O)(O)O)ccc2s1)C(=O)N1CCCC1C(=O)N(CCC(=O)NCCCCC#Cc1cccc2c1CN(C1CCC(=O)NC1=O)C2=O)c1ccc(Br)cc1. The molecule has 7 rings (SSSR count). The number of amides is 7. The summed E-state index contributed by atoms with van der Waals surface area (Å²) in [7, 11) is -5.83. The number of benzene rings is 3. The Balaban J connectivity index is 0.943. The van der Waals surface area contributed by atoms with Crippen LogP contribution in [-0.2, 0) is 40.7 Å². The van der Waals surface area contributed by atoms with E-state index in [2.05, 4.69) is 43.7 Å². The molecule has 5 N–H and O–H groups in total. The second-order valence-corrected chi connectivity index (χ2v) is 22.1. The predicted octanol–water partition coefficient (Wildman–Crippen LogP) is 6.55. The molecular weight excluding hydrogens is 1010 g/mol. The zero-order chi connectivity index (χ0) is 50.7. The summed E-state index contributed by atoms with van der Waals surface area (Å²) >= 11 is 4.38. The second-order valence-electron chi connectivity index (χ2n) is 18.5. The van der Waals surface area contributed by atoms with Gasteiger partial charge >= 0.3 is 13.3 Å². The van der Waals surface area contributed by atoms with E-state index in [4.69, 9.17) is 0 Å². The fraction of sp³-hybridized carbons (Fsp3) is 0.408. The minimum atomic E-state index is -5.83. The third kappa shape index (κ3) is 11.5. The Hall–Kier alpha value is -5.84. The van der Waals surface area contributed by atoms with Gasteiger partial charge in [0.05, 0.1) is 4.88 Å². The first-order chi connectivity index (χ1) is 33.0.